The highest BCUT2D eigenvalue weighted by atomic mass is 127. The molecule has 0 saturated carbocycles. The lowest BCUT2D eigenvalue weighted by Gasteiger charge is -2.07. The highest BCUT2D eigenvalue weighted by Gasteiger charge is 2.10. The molecule has 0 radical (unpaired) electrons. The first-order valence-corrected chi connectivity index (χ1v) is 6.89. The van der Waals surface area contributed by atoms with E-state index in [9.17, 15) is 0 Å². The van der Waals surface area contributed by atoms with E-state index in [0.717, 1.165) is 22.8 Å². The van der Waals surface area contributed by atoms with Crippen molar-refractivity contribution in [1.29, 1.82) is 0 Å². The van der Waals surface area contributed by atoms with Crippen LogP contribution in [-0.4, -0.2) is 9.78 Å². The molecular weight excluding hydrogens is 347 g/mol. The molecule has 17 heavy (non-hydrogen) atoms. The smallest absolute Gasteiger partial charge is 0.0730 e. The lowest BCUT2D eigenvalue weighted by atomic mass is 10.1. The molecule has 0 aliphatic carbocycles. The number of rotatable bonds is 2. The van der Waals surface area contributed by atoms with Crippen molar-refractivity contribution in [3.05, 3.63) is 49.3 Å². The molecule has 2 rings (SSSR count). The SMILES string of the molecule is Cc1ccc(Cn2nc(C)c(I)c2C)c(Cl)c1. The fourth-order valence-corrected chi connectivity index (χ4v) is 2.45. The molecule has 0 unspecified atom stereocenters. The Kier molecular flexibility index (Phi) is 3.78. The van der Waals surface area contributed by atoms with Crippen LogP contribution in [0.3, 0.4) is 0 Å². The molecule has 2 aromatic rings. The van der Waals surface area contributed by atoms with Gasteiger partial charge in [-0.15, -0.1) is 0 Å². The molecule has 0 fully saturated rings. The zero-order valence-electron chi connectivity index (χ0n) is 10.1. The summed E-state index contributed by atoms with van der Waals surface area (Å²) in [6.07, 6.45) is 0. The van der Waals surface area contributed by atoms with Crippen LogP contribution < -0.4 is 0 Å². The molecule has 0 amide bonds. The second-order valence-corrected chi connectivity index (χ2v) is 5.72. The van der Waals surface area contributed by atoms with Crippen molar-refractivity contribution in [2.45, 2.75) is 27.3 Å². The van der Waals surface area contributed by atoms with Gasteiger partial charge in [-0.2, -0.15) is 5.10 Å². The molecule has 0 aliphatic heterocycles. The average molecular weight is 361 g/mol. The predicted molar refractivity (Wildman–Crippen MR) is 79.7 cm³/mol. The van der Waals surface area contributed by atoms with Crippen LogP contribution in [0.2, 0.25) is 5.02 Å². The molecule has 0 saturated heterocycles. The summed E-state index contributed by atoms with van der Waals surface area (Å²) in [6.45, 7) is 6.89. The number of benzene rings is 1. The Hall–Kier alpha value is -0.550. The second-order valence-electron chi connectivity index (χ2n) is 4.24. The first kappa shape index (κ1) is 12.9. The molecule has 0 N–H and O–H groups in total. The molecule has 0 atom stereocenters. The van der Waals surface area contributed by atoms with E-state index in [-0.39, 0.29) is 0 Å². The van der Waals surface area contributed by atoms with Gasteiger partial charge in [-0.1, -0.05) is 23.7 Å². The lowest BCUT2D eigenvalue weighted by molar-refractivity contribution is 0.658. The van der Waals surface area contributed by atoms with Crippen LogP contribution >= 0.6 is 34.2 Å². The number of aryl methyl sites for hydroxylation is 2. The van der Waals surface area contributed by atoms with Crippen molar-refractivity contribution in [2.24, 2.45) is 0 Å². The summed E-state index contributed by atoms with van der Waals surface area (Å²) >= 11 is 8.57. The standard InChI is InChI=1S/C13H14ClIN2/c1-8-4-5-11(12(14)6-8)7-17-10(3)13(15)9(2)16-17/h4-6H,7H2,1-3H3. The van der Waals surface area contributed by atoms with Crippen LogP contribution in [-0.2, 0) is 6.54 Å². The van der Waals surface area contributed by atoms with Crippen LogP contribution in [0.25, 0.3) is 0 Å². The first-order chi connectivity index (χ1) is 7.99. The van der Waals surface area contributed by atoms with Crippen LogP contribution in [0.5, 0.6) is 0 Å². The normalized spacial score (nSPS) is 10.9. The van der Waals surface area contributed by atoms with E-state index in [2.05, 4.69) is 46.7 Å². The van der Waals surface area contributed by atoms with Gasteiger partial charge in [-0.25, -0.2) is 0 Å². The van der Waals surface area contributed by atoms with Gasteiger partial charge >= 0.3 is 0 Å². The van der Waals surface area contributed by atoms with Crippen LogP contribution in [0.15, 0.2) is 18.2 Å². The van der Waals surface area contributed by atoms with Gasteiger partial charge < -0.3 is 0 Å². The zero-order valence-corrected chi connectivity index (χ0v) is 13.0. The Morgan fingerprint density at radius 3 is 2.53 bits per heavy atom. The van der Waals surface area contributed by atoms with Gasteiger partial charge in [0.15, 0.2) is 0 Å². The van der Waals surface area contributed by atoms with E-state index < -0.39 is 0 Å². The summed E-state index contributed by atoms with van der Waals surface area (Å²) in [6, 6.07) is 6.15. The second kappa shape index (κ2) is 4.98. The highest BCUT2D eigenvalue weighted by Crippen LogP contribution is 2.21. The van der Waals surface area contributed by atoms with Gasteiger partial charge in [0.05, 0.1) is 15.8 Å². The van der Waals surface area contributed by atoms with Crippen molar-refractivity contribution in [1.82, 2.24) is 9.78 Å². The Morgan fingerprint density at radius 2 is 2.00 bits per heavy atom. The van der Waals surface area contributed by atoms with Crippen LogP contribution in [0.4, 0.5) is 0 Å². The predicted octanol–water partition coefficient (Wildman–Crippen LogP) is 4.11. The van der Waals surface area contributed by atoms with Crippen molar-refractivity contribution in [3.63, 3.8) is 0 Å². The lowest BCUT2D eigenvalue weighted by Crippen LogP contribution is -2.04. The maximum Gasteiger partial charge on any atom is 0.0730 e. The van der Waals surface area contributed by atoms with Crippen LogP contribution in [0, 0.1) is 24.3 Å². The first-order valence-electron chi connectivity index (χ1n) is 5.43. The summed E-state index contributed by atoms with van der Waals surface area (Å²) in [5.74, 6) is 0. The number of nitrogens with zero attached hydrogens (tertiary/aromatic N) is 2. The van der Waals surface area contributed by atoms with Gasteiger partial charge in [-0.3, -0.25) is 4.68 Å². The van der Waals surface area contributed by atoms with E-state index in [4.69, 9.17) is 11.6 Å². The molecule has 90 valence electrons. The fraction of sp³-hybridized carbons (Fsp3) is 0.308. The minimum absolute atomic E-state index is 0.731. The Bertz CT molecular complexity index is 561. The van der Waals surface area contributed by atoms with Gasteiger partial charge in [0.2, 0.25) is 0 Å². The number of aromatic nitrogens is 2. The molecule has 1 heterocycles. The Labute approximate surface area is 120 Å². The van der Waals surface area contributed by atoms with E-state index in [1.54, 1.807) is 0 Å². The minimum Gasteiger partial charge on any atom is -0.264 e. The third-order valence-corrected chi connectivity index (χ3v) is 4.73. The third-order valence-electron chi connectivity index (χ3n) is 2.82. The molecule has 1 aromatic carbocycles. The summed E-state index contributed by atoms with van der Waals surface area (Å²) < 4.78 is 3.24. The molecule has 1 aromatic heterocycles. The average Bonchev–Trinajstić information content (AvgIpc) is 2.50. The van der Waals surface area contributed by atoms with Crippen molar-refractivity contribution >= 4 is 34.2 Å². The van der Waals surface area contributed by atoms with Crippen LogP contribution in [0.1, 0.15) is 22.5 Å². The Morgan fingerprint density at radius 1 is 1.29 bits per heavy atom. The van der Waals surface area contributed by atoms with Crippen molar-refractivity contribution in [2.75, 3.05) is 0 Å². The molecule has 4 heteroatoms. The monoisotopic (exact) mass is 360 g/mol. The van der Waals surface area contributed by atoms with Gasteiger partial charge in [0.25, 0.3) is 0 Å². The van der Waals surface area contributed by atoms with Gasteiger partial charge in [-0.05, 0) is 60.6 Å². The summed E-state index contributed by atoms with van der Waals surface area (Å²) in [7, 11) is 0. The highest BCUT2D eigenvalue weighted by molar-refractivity contribution is 14.1. The molecule has 0 spiro atoms. The minimum atomic E-state index is 0.731. The van der Waals surface area contributed by atoms with Gasteiger partial charge in [0, 0.05) is 10.7 Å². The summed E-state index contributed by atoms with van der Waals surface area (Å²) in [5.41, 5.74) is 4.56. The van der Waals surface area contributed by atoms with E-state index in [1.807, 2.05) is 24.6 Å². The third kappa shape index (κ3) is 2.65. The topological polar surface area (TPSA) is 17.8 Å². The summed E-state index contributed by atoms with van der Waals surface area (Å²) in [4.78, 5) is 0. The van der Waals surface area contributed by atoms with Gasteiger partial charge in [0.1, 0.15) is 0 Å². The van der Waals surface area contributed by atoms with E-state index >= 15 is 0 Å². The molecule has 0 bridgehead atoms. The molecule has 0 aliphatic rings. The molecular formula is C13H14ClIN2. The van der Waals surface area contributed by atoms with Crippen molar-refractivity contribution < 1.29 is 0 Å². The van der Waals surface area contributed by atoms with E-state index in [1.165, 1.54) is 14.8 Å². The Balaban J connectivity index is 2.34. The molecule has 2 nitrogen and oxygen atoms in total. The quantitative estimate of drug-likeness (QED) is 0.737. The zero-order chi connectivity index (χ0) is 12.6. The van der Waals surface area contributed by atoms with E-state index in [0.29, 0.717) is 0 Å². The maximum atomic E-state index is 6.24. The van der Waals surface area contributed by atoms with Crippen molar-refractivity contribution in [3.8, 4) is 0 Å². The number of hydrogen-bond acceptors (Lipinski definition) is 1. The number of halogens is 2. The summed E-state index contributed by atoms with van der Waals surface area (Å²) in [5, 5.41) is 5.33. The fourth-order valence-electron chi connectivity index (χ4n) is 1.77. The maximum absolute atomic E-state index is 6.24. The largest absolute Gasteiger partial charge is 0.264 e. The number of hydrogen-bond donors (Lipinski definition) is 0.